The van der Waals surface area contributed by atoms with Gasteiger partial charge >= 0.3 is 0 Å². The van der Waals surface area contributed by atoms with Crippen LogP contribution < -0.4 is 15.1 Å². The lowest BCUT2D eigenvalue weighted by atomic mass is 9.96. The van der Waals surface area contributed by atoms with Crippen LogP contribution >= 0.6 is 11.3 Å². The molecule has 0 spiro atoms. The standard InChI is InChI=1S/C27H36N6OS/c1-20-6-7-21(2)24(19-20)32-17-15-31(16-18-32)12-4-11-28-25(34)22-8-13-33(14-9-22)27-30-23-5-3-10-29-26(23)35-27/h3,5-7,10,19,22H,4,8-9,11-18H2,1-2H3,(H,28,34). The molecule has 0 saturated carbocycles. The van der Waals surface area contributed by atoms with Gasteiger partial charge in [0.2, 0.25) is 5.91 Å². The van der Waals surface area contributed by atoms with Gasteiger partial charge in [0.25, 0.3) is 0 Å². The molecule has 3 aromatic rings. The molecular formula is C27H36N6OS. The van der Waals surface area contributed by atoms with Crippen LogP contribution in [-0.4, -0.2) is 73.1 Å². The van der Waals surface area contributed by atoms with Gasteiger partial charge in [0, 0.05) is 63.6 Å². The van der Waals surface area contributed by atoms with E-state index in [2.05, 4.69) is 57.0 Å². The predicted molar refractivity (Wildman–Crippen MR) is 145 cm³/mol. The first kappa shape index (κ1) is 24.0. The Morgan fingerprint density at radius 3 is 2.63 bits per heavy atom. The molecule has 1 N–H and O–H groups in total. The summed E-state index contributed by atoms with van der Waals surface area (Å²) >= 11 is 1.64. The quantitative estimate of drug-likeness (QED) is 0.506. The Morgan fingerprint density at radius 1 is 1.06 bits per heavy atom. The number of carbonyl (C=O) groups excluding carboxylic acids is 1. The lowest BCUT2D eigenvalue weighted by molar-refractivity contribution is -0.125. The average Bonchev–Trinajstić information content (AvgIpc) is 3.33. The second kappa shape index (κ2) is 10.9. The van der Waals surface area contributed by atoms with Crippen molar-refractivity contribution in [3.05, 3.63) is 47.7 Å². The third-order valence-electron chi connectivity index (χ3n) is 7.32. The van der Waals surface area contributed by atoms with Gasteiger partial charge in [0.1, 0.15) is 10.3 Å². The topological polar surface area (TPSA) is 64.6 Å². The number of rotatable bonds is 7. The van der Waals surface area contributed by atoms with E-state index < -0.39 is 0 Å². The molecular weight excluding hydrogens is 456 g/mol. The molecule has 0 unspecified atom stereocenters. The number of nitrogens with zero attached hydrogens (tertiary/aromatic N) is 5. The molecule has 0 atom stereocenters. The van der Waals surface area contributed by atoms with Crippen molar-refractivity contribution in [2.45, 2.75) is 33.1 Å². The highest BCUT2D eigenvalue weighted by molar-refractivity contribution is 7.21. The lowest BCUT2D eigenvalue weighted by Crippen LogP contribution is -2.47. The number of piperazine rings is 1. The molecule has 186 valence electrons. The summed E-state index contributed by atoms with van der Waals surface area (Å²) in [5.74, 6) is 0.329. The number of aryl methyl sites for hydroxylation is 2. The molecule has 35 heavy (non-hydrogen) atoms. The molecule has 0 radical (unpaired) electrons. The zero-order valence-corrected chi connectivity index (χ0v) is 21.7. The Morgan fingerprint density at radius 2 is 1.86 bits per heavy atom. The summed E-state index contributed by atoms with van der Waals surface area (Å²) in [5, 5.41) is 4.22. The molecule has 1 aromatic carbocycles. The van der Waals surface area contributed by atoms with Crippen LogP contribution in [0, 0.1) is 19.8 Å². The molecule has 2 fully saturated rings. The molecule has 2 aliphatic heterocycles. The minimum atomic E-state index is 0.111. The number of thiazole rings is 1. The third-order valence-corrected chi connectivity index (χ3v) is 8.36. The van der Waals surface area contributed by atoms with Crippen LogP contribution in [0.3, 0.4) is 0 Å². The maximum atomic E-state index is 12.7. The molecule has 2 aromatic heterocycles. The van der Waals surface area contributed by atoms with Crippen LogP contribution in [0.4, 0.5) is 10.8 Å². The number of fused-ring (bicyclic) bond motifs is 1. The number of nitrogens with one attached hydrogen (secondary N) is 1. The molecule has 7 nitrogen and oxygen atoms in total. The highest BCUT2D eigenvalue weighted by atomic mass is 32.1. The Labute approximate surface area is 212 Å². The highest BCUT2D eigenvalue weighted by Crippen LogP contribution is 2.30. The fourth-order valence-electron chi connectivity index (χ4n) is 5.16. The molecule has 4 heterocycles. The minimum absolute atomic E-state index is 0.111. The van der Waals surface area contributed by atoms with E-state index in [1.54, 1.807) is 11.3 Å². The summed E-state index contributed by atoms with van der Waals surface area (Å²) in [4.78, 5) is 30.2. The van der Waals surface area contributed by atoms with Gasteiger partial charge in [-0.15, -0.1) is 0 Å². The number of hydrogen-bond donors (Lipinski definition) is 1. The number of hydrogen-bond acceptors (Lipinski definition) is 7. The van der Waals surface area contributed by atoms with Crippen molar-refractivity contribution in [1.82, 2.24) is 20.2 Å². The van der Waals surface area contributed by atoms with Crippen LogP contribution in [0.5, 0.6) is 0 Å². The number of benzene rings is 1. The van der Waals surface area contributed by atoms with Crippen LogP contribution in [0.15, 0.2) is 36.5 Å². The average molecular weight is 493 g/mol. The van der Waals surface area contributed by atoms with E-state index in [0.29, 0.717) is 0 Å². The zero-order valence-electron chi connectivity index (χ0n) is 20.9. The summed E-state index contributed by atoms with van der Waals surface area (Å²) in [6.07, 6.45) is 4.59. The normalized spacial score (nSPS) is 17.8. The highest BCUT2D eigenvalue weighted by Gasteiger charge is 2.26. The van der Waals surface area contributed by atoms with Gasteiger partial charge in [-0.1, -0.05) is 23.5 Å². The lowest BCUT2D eigenvalue weighted by Gasteiger charge is -2.37. The zero-order chi connectivity index (χ0) is 24.2. The molecule has 2 saturated heterocycles. The summed E-state index contributed by atoms with van der Waals surface area (Å²) in [6, 6.07) is 10.7. The number of amides is 1. The summed E-state index contributed by atoms with van der Waals surface area (Å²) < 4.78 is 0. The van der Waals surface area contributed by atoms with E-state index in [1.165, 1.54) is 16.8 Å². The van der Waals surface area contributed by atoms with Crippen LogP contribution in [0.2, 0.25) is 0 Å². The van der Waals surface area contributed by atoms with Crippen LogP contribution in [0.25, 0.3) is 10.3 Å². The van der Waals surface area contributed by atoms with Crippen molar-refractivity contribution in [2.75, 3.05) is 62.2 Å². The van der Waals surface area contributed by atoms with Crippen molar-refractivity contribution >= 4 is 38.4 Å². The summed E-state index contributed by atoms with van der Waals surface area (Å²) in [7, 11) is 0. The minimum Gasteiger partial charge on any atom is -0.369 e. The van der Waals surface area contributed by atoms with E-state index in [4.69, 9.17) is 4.98 Å². The second-order valence-electron chi connectivity index (χ2n) is 9.85. The molecule has 8 heteroatoms. The Bertz CT molecular complexity index is 1110. The summed E-state index contributed by atoms with van der Waals surface area (Å²) in [5.41, 5.74) is 5.01. The van der Waals surface area contributed by atoms with Crippen molar-refractivity contribution in [3.8, 4) is 0 Å². The van der Waals surface area contributed by atoms with E-state index >= 15 is 0 Å². The molecule has 1 amide bonds. The molecule has 5 rings (SSSR count). The van der Waals surface area contributed by atoms with E-state index in [9.17, 15) is 4.79 Å². The van der Waals surface area contributed by atoms with E-state index in [0.717, 1.165) is 87.1 Å². The van der Waals surface area contributed by atoms with Gasteiger partial charge in [-0.2, -0.15) is 0 Å². The predicted octanol–water partition coefficient (Wildman–Crippen LogP) is 3.85. The van der Waals surface area contributed by atoms with Gasteiger partial charge in [-0.3, -0.25) is 9.69 Å². The first-order chi connectivity index (χ1) is 17.1. The second-order valence-corrected chi connectivity index (χ2v) is 10.8. The third kappa shape index (κ3) is 5.76. The SMILES string of the molecule is Cc1ccc(C)c(N2CCN(CCCNC(=O)C3CCN(c4nc5cccnc5s4)CC3)CC2)c1. The number of anilines is 2. The Balaban J connectivity index is 0.994. The van der Waals surface area contributed by atoms with Gasteiger partial charge in [0.15, 0.2) is 5.13 Å². The number of pyridine rings is 1. The summed E-state index contributed by atoms with van der Waals surface area (Å²) in [6.45, 7) is 12.2. The molecule has 0 bridgehead atoms. The van der Waals surface area contributed by atoms with Crippen LogP contribution in [-0.2, 0) is 4.79 Å². The van der Waals surface area contributed by atoms with Crippen molar-refractivity contribution in [2.24, 2.45) is 5.92 Å². The van der Waals surface area contributed by atoms with Crippen LogP contribution in [0.1, 0.15) is 30.4 Å². The monoisotopic (exact) mass is 492 g/mol. The largest absolute Gasteiger partial charge is 0.369 e. The van der Waals surface area contributed by atoms with Gasteiger partial charge in [0.05, 0.1) is 0 Å². The van der Waals surface area contributed by atoms with Gasteiger partial charge in [-0.25, -0.2) is 9.97 Å². The van der Waals surface area contributed by atoms with Gasteiger partial charge in [-0.05, 0) is 69.0 Å². The molecule has 2 aliphatic rings. The maximum Gasteiger partial charge on any atom is 0.223 e. The fraction of sp³-hybridized carbons (Fsp3) is 0.519. The first-order valence-corrected chi connectivity index (χ1v) is 13.7. The number of carbonyl (C=O) groups is 1. The molecule has 0 aliphatic carbocycles. The number of aromatic nitrogens is 2. The van der Waals surface area contributed by atoms with Gasteiger partial charge < -0.3 is 15.1 Å². The Kier molecular flexibility index (Phi) is 7.48. The van der Waals surface area contributed by atoms with Crippen molar-refractivity contribution < 1.29 is 4.79 Å². The van der Waals surface area contributed by atoms with E-state index in [1.807, 2.05) is 18.3 Å². The van der Waals surface area contributed by atoms with Crippen molar-refractivity contribution in [3.63, 3.8) is 0 Å². The Hall–Kier alpha value is -2.71. The van der Waals surface area contributed by atoms with Crippen molar-refractivity contribution in [1.29, 1.82) is 0 Å². The first-order valence-electron chi connectivity index (χ1n) is 12.9. The fourth-order valence-corrected chi connectivity index (χ4v) is 6.12. The smallest absolute Gasteiger partial charge is 0.223 e. The number of piperidine rings is 1. The van der Waals surface area contributed by atoms with E-state index in [-0.39, 0.29) is 11.8 Å². The maximum absolute atomic E-state index is 12.7.